The quantitative estimate of drug-likeness (QED) is 0.342. The van der Waals surface area contributed by atoms with Gasteiger partial charge in [0.1, 0.15) is 5.15 Å². The van der Waals surface area contributed by atoms with Gasteiger partial charge in [-0.05, 0) is 81.4 Å². The summed E-state index contributed by atoms with van der Waals surface area (Å²) >= 11 is 5.91. The number of rotatable bonds is 5. The minimum absolute atomic E-state index is 0.0887. The van der Waals surface area contributed by atoms with E-state index in [1.807, 2.05) is 0 Å². The fourth-order valence-corrected chi connectivity index (χ4v) is 7.02. The number of anilines is 1. The molecule has 34 heavy (non-hydrogen) atoms. The Kier molecular flexibility index (Phi) is 5.56. The smallest absolute Gasteiger partial charge is 0.294 e. The van der Waals surface area contributed by atoms with E-state index in [1.165, 1.54) is 12.3 Å². The van der Waals surface area contributed by atoms with Gasteiger partial charge in [0.2, 0.25) is 0 Å². The third-order valence-electron chi connectivity index (χ3n) is 8.10. The van der Waals surface area contributed by atoms with Gasteiger partial charge in [0.25, 0.3) is 17.6 Å². The molecule has 0 aromatic carbocycles. The van der Waals surface area contributed by atoms with Crippen molar-refractivity contribution in [1.82, 2.24) is 14.9 Å². The second-order valence-corrected chi connectivity index (χ2v) is 10.7. The summed E-state index contributed by atoms with van der Waals surface area (Å²) in [5.74, 6) is -0.764. The number of pyridine rings is 1. The van der Waals surface area contributed by atoms with Gasteiger partial charge in [0, 0.05) is 30.7 Å². The summed E-state index contributed by atoms with van der Waals surface area (Å²) in [6.45, 7) is 3.43. The van der Waals surface area contributed by atoms with Crippen molar-refractivity contribution >= 4 is 34.9 Å². The lowest BCUT2D eigenvalue weighted by atomic mass is 9.52. The molecule has 180 valence electrons. The van der Waals surface area contributed by atoms with E-state index in [0.29, 0.717) is 41.3 Å². The first-order chi connectivity index (χ1) is 16.1. The summed E-state index contributed by atoms with van der Waals surface area (Å²) in [5, 5.41) is 16.8. The minimum atomic E-state index is -0.652. The molecule has 6 rings (SSSR count). The van der Waals surface area contributed by atoms with E-state index < -0.39 is 17.3 Å². The predicted octanol–water partition coefficient (Wildman–Crippen LogP) is 3.18. The second kappa shape index (κ2) is 8.20. The average Bonchev–Trinajstić information content (AvgIpc) is 2.97. The molecule has 8 nitrogen and oxygen atoms in total. The molecule has 5 atom stereocenters. The van der Waals surface area contributed by atoms with Crippen molar-refractivity contribution in [2.45, 2.75) is 57.6 Å². The number of aliphatic hydroxyl groups is 1. The molecular weight excluding hydrogens is 456 g/mol. The van der Waals surface area contributed by atoms with Crippen LogP contribution in [0.5, 0.6) is 0 Å². The van der Waals surface area contributed by atoms with E-state index >= 15 is 0 Å². The van der Waals surface area contributed by atoms with E-state index in [4.69, 9.17) is 11.6 Å². The molecule has 2 aromatic rings. The Morgan fingerprint density at radius 3 is 2.47 bits per heavy atom. The number of Topliss-reactive ketones (excluding diaryl/α,β-unsaturated/α-hetero) is 1. The highest BCUT2D eigenvalue weighted by Gasteiger charge is 2.55. The van der Waals surface area contributed by atoms with E-state index in [0.717, 1.165) is 19.3 Å². The van der Waals surface area contributed by atoms with Gasteiger partial charge in [-0.2, -0.15) is 0 Å². The van der Waals surface area contributed by atoms with Crippen LogP contribution in [0.1, 0.15) is 64.2 Å². The first kappa shape index (κ1) is 23.1. The van der Waals surface area contributed by atoms with Crippen LogP contribution in [0.25, 0.3) is 0 Å². The van der Waals surface area contributed by atoms with Crippen LogP contribution in [0.3, 0.4) is 0 Å². The van der Waals surface area contributed by atoms with Gasteiger partial charge in [-0.1, -0.05) is 11.6 Å². The number of nitrogens with one attached hydrogen (secondary N) is 2. The third-order valence-corrected chi connectivity index (χ3v) is 8.31. The van der Waals surface area contributed by atoms with Gasteiger partial charge in [-0.3, -0.25) is 14.4 Å². The SMILES string of the molecule is Cc1c(C(=O)Nc2ccnc(Cl)c2)c(C)n(C)c1C(=O)C(=O)N[C@@H]1[C@@H]2C[C@@H]3C[C@H]1C[C@@](O)(C3)C2. The molecular formula is C25H29ClN4O4. The van der Waals surface area contributed by atoms with Crippen molar-refractivity contribution in [2.75, 3.05) is 5.32 Å². The lowest BCUT2D eigenvalue weighted by molar-refractivity contribution is -0.144. The Hall–Kier alpha value is -2.71. The number of amides is 2. The number of hydrogen-bond acceptors (Lipinski definition) is 5. The third kappa shape index (κ3) is 3.82. The molecule has 4 aliphatic rings. The second-order valence-electron chi connectivity index (χ2n) is 10.3. The lowest BCUT2D eigenvalue weighted by Gasteiger charge is -2.58. The predicted molar refractivity (Wildman–Crippen MR) is 127 cm³/mol. The zero-order valence-electron chi connectivity index (χ0n) is 19.5. The summed E-state index contributed by atoms with van der Waals surface area (Å²) in [6, 6.07) is 3.07. The van der Waals surface area contributed by atoms with Crippen molar-refractivity contribution in [3.05, 3.63) is 46.0 Å². The number of ketones is 1. The van der Waals surface area contributed by atoms with Crippen molar-refractivity contribution in [2.24, 2.45) is 24.8 Å². The molecule has 0 unspecified atom stereocenters. The summed E-state index contributed by atoms with van der Waals surface area (Å²) in [4.78, 5) is 43.3. The molecule has 2 heterocycles. The van der Waals surface area contributed by atoms with Gasteiger partial charge in [0.15, 0.2) is 0 Å². The first-order valence-electron chi connectivity index (χ1n) is 11.7. The number of hydrogen-bond donors (Lipinski definition) is 3. The number of carbonyl (C=O) groups is 3. The van der Waals surface area contributed by atoms with Gasteiger partial charge < -0.3 is 20.3 Å². The van der Waals surface area contributed by atoms with Crippen LogP contribution in [-0.2, 0) is 11.8 Å². The molecule has 2 amide bonds. The van der Waals surface area contributed by atoms with Crippen LogP contribution in [0.4, 0.5) is 5.69 Å². The summed E-state index contributed by atoms with van der Waals surface area (Å²) in [6.07, 6.45) is 5.70. The highest BCUT2D eigenvalue weighted by molar-refractivity contribution is 6.43. The van der Waals surface area contributed by atoms with Crippen LogP contribution in [-0.4, -0.2) is 43.9 Å². The minimum Gasteiger partial charge on any atom is -0.390 e. The molecule has 0 aliphatic heterocycles. The molecule has 2 aromatic heterocycles. The van der Waals surface area contributed by atoms with Crippen LogP contribution in [0.2, 0.25) is 5.15 Å². The fraction of sp³-hybridized carbons (Fsp3) is 0.520. The van der Waals surface area contributed by atoms with E-state index in [1.54, 1.807) is 31.5 Å². The molecule has 4 bridgehead atoms. The number of carbonyl (C=O) groups excluding carboxylic acids is 3. The van der Waals surface area contributed by atoms with Crippen LogP contribution in [0.15, 0.2) is 18.3 Å². The van der Waals surface area contributed by atoms with Gasteiger partial charge in [-0.15, -0.1) is 0 Å². The highest BCUT2D eigenvalue weighted by Crippen LogP contribution is 2.55. The van der Waals surface area contributed by atoms with Crippen LogP contribution < -0.4 is 10.6 Å². The van der Waals surface area contributed by atoms with E-state index in [-0.39, 0.29) is 34.6 Å². The summed E-state index contributed by atoms with van der Waals surface area (Å²) in [5.41, 5.74) is 1.48. The number of nitrogens with zero attached hydrogens (tertiary/aromatic N) is 2. The molecule has 4 aliphatic carbocycles. The maximum Gasteiger partial charge on any atom is 0.294 e. The van der Waals surface area contributed by atoms with Crippen molar-refractivity contribution < 1.29 is 19.5 Å². The van der Waals surface area contributed by atoms with Gasteiger partial charge in [-0.25, -0.2) is 4.98 Å². The zero-order valence-corrected chi connectivity index (χ0v) is 20.3. The maximum atomic E-state index is 13.3. The Labute approximate surface area is 203 Å². The molecule has 0 saturated heterocycles. The molecule has 3 N–H and O–H groups in total. The molecule has 9 heteroatoms. The van der Waals surface area contributed by atoms with E-state index in [9.17, 15) is 19.5 Å². The Balaban J connectivity index is 1.35. The lowest BCUT2D eigenvalue weighted by Crippen LogP contribution is -2.62. The largest absolute Gasteiger partial charge is 0.390 e. The Bertz CT molecular complexity index is 1190. The van der Waals surface area contributed by atoms with Gasteiger partial charge >= 0.3 is 0 Å². The molecule has 4 fully saturated rings. The van der Waals surface area contributed by atoms with Gasteiger partial charge in [0.05, 0.1) is 16.9 Å². The van der Waals surface area contributed by atoms with Crippen LogP contribution in [0, 0.1) is 31.6 Å². The zero-order chi connectivity index (χ0) is 24.4. The summed E-state index contributed by atoms with van der Waals surface area (Å²) in [7, 11) is 1.68. The molecule has 0 spiro atoms. The highest BCUT2D eigenvalue weighted by atomic mass is 35.5. The molecule has 0 radical (unpaired) electrons. The van der Waals surface area contributed by atoms with E-state index in [2.05, 4.69) is 15.6 Å². The number of aromatic nitrogens is 2. The standard InChI is InChI=1S/C25H29ClN4O4/c1-12-19(23(32)28-17-4-5-27-18(26)8-17)13(2)30(3)21(12)22(31)24(33)29-20-15-6-14-7-16(20)11-25(34,9-14)10-15/h4-5,8,14-16,20,34H,6-7,9-11H2,1-3H3,(H,29,33)(H,27,28,32)/t14-,15-,16+,20-,25-. The average molecular weight is 485 g/mol. The van der Waals surface area contributed by atoms with Crippen molar-refractivity contribution in [1.29, 1.82) is 0 Å². The Morgan fingerprint density at radius 2 is 1.85 bits per heavy atom. The first-order valence-corrected chi connectivity index (χ1v) is 12.1. The maximum absolute atomic E-state index is 13.3. The van der Waals surface area contributed by atoms with Crippen molar-refractivity contribution in [3.8, 4) is 0 Å². The normalized spacial score (nSPS) is 29.2. The van der Waals surface area contributed by atoms with Crippen LogP contribution >= 0.6 is 11.6 Å². The monoisotopic (exact) mass is 484 g/mol. The Morgan fingerprint density at radius 1 is 1.18 bits per heavy atom. The summed E-state index contributed by atoms with van der Waals surface area (Å²) < 4.78 is 1.60. The van der Waals surface area contributed by atoms with Crippen molar-refractivity contribution in [3.63, 3.8) is 0 Å². The fourth-order valence-electron chi connectivity index (χ4n) is 6.85. The molecule has 4 saturated carbocycles. The number of halogens is 1. The topological polar surface area (TPSA) is 113 Å².